The molecule has 0 aliphatic heterocycles. The minimum Gasteiger partial charge on any atom is -0.457 e. The summed E-state index contributed by atoms with van der Waals surface area (Å²) in [7, 11) is 0. The summed E-state index contributed by atoms with van der Waals surface area (Å²) in [4.78, 5) is 0. The summed E-state index contributed by atoms with van der Waals surface area (Å²) in [5, 5.41) is 3.52. The lowest BCUT2D eigenvalue weighted by molar-refractivity contribution is 0.481. The van der Waals surface area contributed by atoms with Crippen LogP contribution in [0.3, 0.4) is 0 Å². The molecule has 0 spiro atoms. The molecule has 110 valence electrons. The molecule has 3 rings (SSSR count). The highest BCUT2D eigenvalue weighted by atomic mass is 79.9. The fraction of sp³-hybridized carbons (Fsp3) is 0.294. The van der Waals surface area contributed by atoms with Gasteiger partial charge in [-0.15, -0.1) is 0 Å². The van der Waals surface area contributed by atoms with Crippen LogP contribution in [-0.4, -0.2) is 6.04 Å². The Hall–Kier alpha value is -0.840. The third-order valence-corrected chi connectivity index (χ3v) is 5.18. The van der Waals surface area contributed by atoms with Gasteiger partial charge in [-0.05, 0) is 61.2 Å². The van der Waals surface area contributed by atoms with Crippen LogP contribution in [0.25, 0.3) is 0 Å². The van der Waals surface area contributed by atoms with Crippen LogP contribution in [0.4, 0.5) is 0 Å². The Balaban J connectivity index is 1.70. The van der Waals surface area contributed by atoms with Crippen LogP contribution in [0.5, 0.6) is 11.5 Å². The second kappa shape index (κ2) is 6.51. The average Bonchev–Trinajstić information content (AvgIpc) is 3.26. The van der Waals surface area contributed by atoms with E-state index in [1.807, 2.05) is 30.3 Å². The fourth-order valence-corrected chi connectivity index (χ4v) is 2.84. The van der Waals surface area contributed by atoms with Gasteiger partial charge >= 0.3 is 0 Å². The summed E-state index contributed by atoms with van der Waals surface area (Å²) in [5.41, 5.74) is 2.43. The average molecular weight is 411 g/mol. The molecule has 1 aliphatic rings. The fourth-order valence-electron chi connectivity index (χ4n) is 2.09. The third-order valence-electron chi connectivity index (χ3n) is 3.55. The standard InChI is InChI=1S/C17H17Br2NO/c1-11-8-14(6-7-16(11)18)21-15-5-2-12(17(19)9-15)10-20-13-3-4-13/h2,5-9,13,20H,3-4,10H2,1H3. The first-order chi connectivity index (χ1) is 10.1. The van der Waals surface area contributed by atoms with Crippen molar-refractivity contribution in [1.29, 1.82) is 0 Å². The van der Waals surface area contributed by atoms with E-state index in [2.05, 4.69) is 50.2 Å². The van der Waals surface area contributed by atoms with Crippen LogP contribution in [0.15, 0.2) is 45.3 Å². The van der Waals surface area contributed by atoms with Crippen molar-refractivity contribution in [2.75, 3.05) is 0 Å². The molecule has 1 aliphatic carbocycles. The second-order valence-electron chi connectivity index (χ2n) is 5.42. The summed E-state index contributed by atoms with van der Waals surface area (Å²) in [6, 6.07) is 12.9. The van der Waals surface area contributed by atoms with E-state index in [0.29, 0.717) is 0 Å². The van der Waals surface area contributed by atoms with E-state index in [9.17, 15) is 0 Å². The van der Waals surface area contributed by atoms with Gasteiger partial charge in [0.25, 0.3) is 0 Å². The molecule has 1 fully saturated rings. The molecule has 2 nitrogen and oxygen atoms in total. The van der Waals surface area contributed by atoms with Gasteiger partial charge in [-0.25, -0.2) is 0 Å². The molecule has 0 bridgehead atoms. The topological polar surface area (TPSA) is 21.3 Å². The van der Waals surface area contributed by atoms with Gasteiger partial charge in [0.15, 0.2) is 0 Å². The highest BCUT2D eigenvalue weighted by Gasteiger charge is 2.20. The number of hydrogen-bond acceptors (Lipinski definition) is 2. The maximum absolute atomic E-state index is 5.92. The zero-order chi connectivity index (χ0) is 14.8. The van der Waals surface area contributed by atoms with Crippen molar-refractivity contribution in [1.82, 2.24) is 5.32 Å². The van der Waals surface area contributed by atoms with Gasteiger partial charge in [0.1, 0.15) is 11.5 Å². The molecule has 1 N–H and O–H groups in total. The first-order valence-corrected chi connectivity index (χ1v) is 8.66. The maximum Gasteiger partial charge on any atom is 0.128 e. The van der Waals surface area contributed by atoms with E-state index in [-0.39, 0.29) is 0 Å². The molecule has 0 aromatic heterocycles. The minimum absolute atomic E-state index is 0.721. The largest absolute Gasteiger partial charge is 0.457 e. The molecular formula is C17H17Br2NO. The molecule has 0 saturated heterocycles. The van der Waals surface area contributed by atoms with E-state index in [1.165, 1.54) is 18.4 Å². The zero-order valence-corrected chi connectivity index (χ0v) is 15.0. The molecule has 0 heterocycles. The van der Waals surface area contributed by atoms with Crippen molar-refractivity contribution in [2.45, 2.75) is 32.4 Å². The molecule has 1 saturated carbocycles. The summed E-state index contributed by atoms with van der Waals surface area (Å²) in [6.45, 7) is 2.96. The molecule has 0 amide bonds. The van der Waals surface area contributed by atoms with E-state index < -0.39 is 0 Å². The Morgan fingerprint density at radius 3 is 2.43 bits per heavy atom. The number of aryl methyl sites for hydroxylation is 1. The van der Waals surface area contributed by atoms with Crippen LogP contribution < -0.4 is 10.1 Å². The lowest BCUT2D eigenvalue weighted by Gasteiger charge is -2.10. The SMILES string of the molecule is Cc1cc(Oc2ccc(CNC3CC3)c(Br)c2)ccc1Br. The highest BCUT2D eigenvalue weighted by Crippen LogP contribution is 2.30. The summed E-state index contributed by atoms with van der Waals surface area (Å²) >= 11 is 7.13. The molecule has 0 atom stereocenters. The third kappa shape index (κ3) is 4.09. The Morgan fingerprint density at radius 1 is 1.05 bits per heavy atom. The highest BCUT2D eigenvalue weighted by molar-refractivity contribution is 9.10. The van der Waals surface area contributed by atoms with Crippen molar-refractivity contribution in [3.63, 3.8) is 0 Å². The predicted molar refractivity (Wildman–Crippen MR) is 93.0 cm³/mol. The normalized spacial score (nSPS) is 14.2. The van der Waals surface area contributed by atoms with Crippen molar-refractivity contribution >= 4 is 31.9 Å². The number of halogens is 2. The summed E-state index contributed by atoms with van der Waals surface area (Å²) in [6.07, 6.45) is 2.61. The Bertz CT molecular complexity index is 653. The van der Waals surface area contributed by atoms with E-state index >= 15 is 0 Å². The maximum atomic E-state index is 5.92. The van der Waals surface area contributed by atoms with Crippen LogP contribution in [0.2, 0.25) is 0 Å². The van der Waals surface area contributed by atoms with Gasteiger partial charge in [-0.1, -0.05) is 37.9 Å². The molecule has 2 aromatic rings. The first kappa shape index (κ1) is 15.1. The number of rotatable bonds is 5. The van der Waals surface area contributed by atoms with E-state index in [0.717, 1.165) is 38.6 Å². The lowest BCUT2D eigenvalue weighted by Crippen LogP contribution is -2.15. The number of nitrogens with one attached hydrogen (secondary N) is 1. The Morgan fingerprint density at radius 2 is 1.76 bits per heavy atom. The van der Waals surface area contributed by atoms with Crippen molar-refractivity contribution in [3.8, 4) is 11.5 Å². The molecular weight excluding hydrogens is 394 g/mol. The number of ether oxygens (including phenoxy) is 1. The van der Waals surface area contributed by atoms with Gasteiger partial charge in [0.2, 0.25) is 0 Å². The molecule has 21 heavy (non-hydrogen) atoms. The van der Waals surface area contributed by atoms with Crippen molar-refractivity contribution in [2.24, 2.45) is 0 Å². The van der Waals surface area contributed by atoms with Crippen LogP contribution in [0, 0.1) is 6.92 Å². The quantitative estimate of drug-likeness (QED) is 0.696. The van der Waals surface area contributed by atoms with Crippen molar-refractivity contribution in [3.05, 3.63) is 56.5 Å². The molecule has 4 heteroatoms. The molecule has 0 radical (unpaired) electrons. The Kier molecular flexibility index (Phi) is 4.67. The van der Waals surface area contributed by atoms with Gasteiger partial charge in [0.05, 0.1) is 0 Å². The van der Waals surface area contributed by atoms with Crippen LogP contribution in [0.1, 0.15) is 24.0 Å². The molecule has 2 aromatic carbocycles. The predicted octanol–water partition coefficient (Wildman–Crippen LogP) is 5.56. The van der Waals surface area contributed by atoms with E-state index in [1.54, 1.807) is 0 Å². The van der Waals surface area contributed by atoms with Gasteiger partial charge < -0.3 is 10.1 Å². The van der Waals surface area contributed by atoms with Gasteiger partial charge in [-0.3, -0.25) is 0 Å². The smallest absolute Gasteiger partial charge is 0.128 e. The van der Waals surface area contributed by atoms with Crippen LogP contribution >= 0.6 is 31.9 Å². The monoisotopic (exact) mass is 409 g/mol. The first-order valence-electron chi connectivity index (χ1n) is 7.07. The van der Waals surface area contributed by atoms with Gasteiger partial charge in [-0.2, -0.15) is 0 Å². The minimum atomic E-state index is 0.721. The van der Waals surface area contributed by atoms with Crippen LogP contribution in [-0.2, 0) is 6.54 Å². The molecule has 0 unspecified atom stereocenters. The van der Waals surface area contributed by atoms with Gasteiger partial charge in [0, 0.05) is 21.5 Å². The number of benzene rings is 2. The summed E-state index contributed by atoms with van der Waals surface area (Å²) in [5.74, 6) is 1.70. The zero-order valence-electron chi connectivity index (χ0n) is 11.8. The lowest BCUT2D eigenvalue weighted by atomic mass is 10.2. The van der Waals surface area contributed by atoms with E-state index in [4.69, 9.17) is 4.74 Å². The van der Waals surface area contributed by atoms with Crippen molar-refractivity contribution < 1.29 is 4.74 Å². The summed E-state index contributed by atoms with van der Waals surface area (Å²) < 4.78 is 8.10. The Labute approximate surface area is 142 Å². The second-order valence-corrected chi connectivity index (χ2v) is 7.13. The number of hydrogen-bond donors (Lipinski definition) is 1.